The van der Waals surface area contributed by atoms with E-state index in [0.29, 0.717) is 0 Å². The Labute approximate surface area is 80.5 Å². The molecule has 1 aliphatic carbocycles. The van der Waals surface area contributed by atoms with Crippen LogP contribution in [0.4, 0.5) is 22.0 Å². The molecule has 0 saturated heterocycles. The molecule has 13 heavy (non-hydrogen) atoms. The molecule has 0 heterocycles. The molecule has 0 fully saturated rings. The fraction of sp³-hybridized carbons (Fsp3) is 0.333. The molecule has 7 heteroatoms. The molecule has 0 bridgehead atoms. The molecule has 0 amide bonds. The quantitative estimate of drug-likeness (QED) is 0.371. The smallest absolute Gasteiger partial charge is 0.234 e. The summed E-state index contributed by atoms with van der Waals surface area (Å²) < 4.78 is 62.9. The van der Waals surface area contributed by atoms with Crippen molar-refractivity contribution in [3.8, 4) is 0 Å². The third-order valence-electron chi connectivity index (χ3n) is 1.45. The predicted molar refractivity (Wildman–Crippen MR) is 41.0 cm³/mol. The van der Waals surface area contributed by atoms with E-state index < -0.39 is 33.7 Å². The van der Waals surface area contributed by atoms with Crippen LogP contribution in [0.2, 0.25) is 0 Å². The maximum atomic E-state index is 12.8. The lowest BCUT2D eigenvalue weighted by atomic mass is 10.1. The average molecular weight is 237 g/mol. The zero-order valence-electron chi connectivity index (χ0n) is 5.79. The van der Waals surface area contributed by atoms with Crippen molar-refractivity contribution in [2.75, 3.05) is 0 Å². The number of allylic oxidation sites excluding steroid dienone is 4. The standard InChI is InChI=1S/C6H2ClF5S/c7-6(12)4(10)2(9)1(8)3(13)5(6)11/h1,13H. The highest BCUT2D eigenvalue weighted by molar-refractivity contribution is 7.84. The van der Waals surface area contributed by atoms with Gasteiger partial charge in [0, 0.05) is 0 Å². The van der Waals surface area contributed by atoms with Crippen LogP contribution in [0.15, 0.2) is 22.4 Å². The Bertz CT molecular complexity index is 280. The van der Waals surface area contributed by atoms with E-state index in [1.165, 1.54) is 0 Å². The van der Waals surface area contributed by atoms with Gasteiger partial charge in [0.2, 0.25) is 0 Å². The highest BCUT2D eigenvalue weighted by atomic mass is 35.5. The lowest BCUT2D eigenvalue weighted by Gasteiger charge is -2.22. The molecule has 2 atom stereocenters. The summed E-state index contributed by atoms with van der Waals surface area (Å²) in [4.78, 5) is -1.20. The lowest BCUT2D eigenvalue weighted by Crippen LogP contribution is -2.26. The second-order valence-electron chi connectivity index (χ2n) is 2.30. The number of alkyl halides is 3. The highest BCUT2D eigenvalue weighted by Gasteiger charge is 2.49. The number of hydrogen-bond donors (Lipinski definition) is 1. The SMILES string of the molecule is FC1=C(F)C(F)(Cl)C(F)=C(S)C1F. The topological polar surface area (TPSA) is 0 Å². The largest absolute Gasteiger partial charge is 0.289 e. The van der Waals surface area contributed by atoms with Crippen molar-refractivity contribution >= 4 is 24.2 Å². The van der Waals surface area contributed by atoms with Gasteiger partial charge in [0.1, 0.15) is 0 Å². The summed E-state index contributed by atoms with van der Waals surface area (Å²) in [5.41, 5.74) is 0. The minimum absolute atomic E-state index is 1.20. The Morgan fingerprint density at radius 2 is 1.69 bits per heavy atom. The molecule has 1 aliphatic rings. The van der Waals surface area contributed by atoms with Crippen LogP contribution in [0.25, 0.3) is 0 Å². The van der Waals surface area contributed by atoms with Gasteiger partial charge < -0.3 is 0 Å². The van der Waals surface area contributed by atoms with Crippen molar-refractivity contribution in [2.45, 2.75) is 11.3 Å². The van der Waals surface area contributed by atoms with Crippen LogP contribution in [-0.2, 0) is 0 Å². The van der Waals surface area contributed by atoms with Gasteiger partial charge >= 0.3 is 0 Å². The van der Waals surface area contributed by atoms with Gasteiger partial charge in [-0.25, -0.2) is 22.0 Å². The van der Waals surface area contributed by atoms with Crippen LogP contribution >= 0.6 is 24.2 Å². The molecule has 2 unspecified atom stereocenters. The fourth-order valence-corrected chi connectivity index (χ4v) is 1.28. The van der Waals surface area contributed by atoms with Crippen molar-refractivity contribution in [3.05, 3.63) is 22.4 Å². The van der Waals surface area contributed by atoms with Crippen molar-refractivity contribution in [3.63, 3.8) is 0 Å². The summed E-state index contributed by atoms with van der Waals surface area (Å²) in [6, 6.07) is 0. The van der Waals surface area contributed by atoms with Crippen LogP contribution in [0.1, 0.15) is 0 Å². The van der Waals surface area contributed by atoms with Crippen molar-refractivity contribution in [1.82, 2.24) is 0 Å². The van der Waals surface area contributed by atoms with Crippen LogP contribution in [0, 0.1) is 0 Å². The van der Waals surface area contributed by atoms with Crippen molar-refractivity contribution < 1.29 is 22.0 Å². The van der Waals surface area contributed by atoms with Crippen LogP contribution in [0.3, 0.4) is 0 Å². The van der Waals surface area contributed by atoms with Crippen LogP contribution in [0.5, 0.6) is 0 Å². The maximum absolute atomic E-state index is 12.8. The highest BCUT2D eigenvalue weighted by Crippen LogP contribution is 2.47. The number of hydrogen-bond acceptors (Lipinski definition) is 1. The molecule has 0 aromatic heterocycles. The van der Waals surface area contributed by atoms with Gasteiger partial charge in [-0.05, 0) is 0 Å². The van der Waals surface area contributed by atoms with Gasteiger partial charge in [-0.3, -0.25) is 0 Å². The molecule has 0 saturated carbocycles. The Kier molecular flexibility index (Phi) is 2.64. The summed E-state index contributed by atoms with van der Waals surface area (Å²) in [6.07, 6.45) is -2.73. The third-order valence-corrected chi connectivity index (χ3v) is 2.20. The summed E-state index contributed by atoms with van der Waals surface area (Å²) in [5.74, 6) is -6.37. The first-order chi connectivity index (χ1) is 5.80. The molecule has 0 nitrogen and oxygen atoms in total. The zero-order chi connectivity index (χ0) is 10.4. The Hall–Kier alpha value is -0.230. The molecule has 0 aromatic carbocycles. The van der Waals surface area contributed by atoms with E-state index in [4.69, 9.17) is 0 Å². The van der Waals surface area contributed by atoms with Crippen molar-refractivity contribution in [1.29, 1.82) is 0 Å². The first-order valence-electron chi connectivity index (χ1n) is 2.96. The van der Waals surface area contributed by atoms with Crippen LogP contribution in [-0.4, -0.2) is 11.3 Å². The average Bonchev–Trinajstić information content (AvgIpc) is 2.09. The normalized spacial score (nSPS) is 35.8. The Morgan fingerprint density at radius 3 is 2.15 bits per heavy atom. The molecule has 0 aliphatic heterocycles. The van der Waals surface area contributed by atoms with Gasteiger partial charge in [-0.15, -0.1) is 12.6 Å². The van der Waals surface area contributed by atoms with Crippen LogP contribution < -0.4 is 0 Å². The van der Waals surface area contributed by atoms with E-state index in [1.54, 1.807) is 0 Å². The number of rotatable bonds is 0. The van der Waals surface area contributed by atoms with E-state index >= 15 is 0 Å². The monoisotopic (exact) mass is 236 g/mol. The molecule has 1 rings (SSSR count). The van der Waals surface area contributed by atoms with Gasteiger partial charge in [0.25, 0.3) is 5.13 Å². The Balaban J connectivity index is 3.30. The molecule has 0 radical (unpaired) electrons. The molecule has 74 valence electrons. The third kappa shape index (κ3) is 1.46. The fourth-order valence-electron chi connectivity index (χ4n) is 0.750. The minimum Gasteiger partial charge on any atom is -0.234 e. The summed E-state index contributed by atoms with van der Waals surface area (Å²) >= 11 is 7.77. The first-order valence-corrected chi connectivity index (χ1v) is 3.79. The first kappa shape index (κ1) is 10.8. The second-order valence-corrected chi connectivity index (χ2v) is 3.30. The minimum atomic E-state index is -3.77. The summed E-state index contributed by atoms with van der Waals surface area (Å²) in [7, 11) is 0. The lowest BCUT2D eigenvalue weighted by molar-refractivity contribution is 0.229. The van der Waals surface area contributed by atoms with E-state index in [-0.39, 0.29) is 0 Å². The van der Waals surface area contributed by atoms with E-state index in [1.807, 2.05) is 0 Å². The zero-order valence-corrected chi connectivity index (χ0v) is 7.44. The molecular formula is C6H2ClF5S. The van der Waals surface area contributed by atoms with E-state index in [0.717, 1.165) is 0 Å². The van der Waals surface area contributed by atoms with Gasteiger partial charge in [0.05, 0.1) is 4.91 Å². The molecule has 0 aromatic rings. The van der Waals surface area contributed by atoms with Gasteiger partial charge in [0.15, 0.2) is 23.7 Å². The summed E-state index contributed by atoms with van der Waals surface area (Å²) in [5, 5.41) is -3.77. The molecular weight excluding hydrogens is 235 g/mol. The molecule has 0 spiro atoms. The number of thiol groups is 1. The Morgan fingerprint density at radius 1 is 1.23 bits per heavy atom. The summed E-state index contributed by atoms with van der Waals surface area (Å²) in [6.45, 7) is 0. The van der Waals surface area contributed by atoms with Crippen molar-refractivity contribution in [2.24, 2.45) is 0 Å². The van der Waals surface area contributed by atoms with Gasteiger partial charge in [-0.2, -0.15) is 0 Å². The maximum Gasteiger partial charge on any atom is 0.289 e. The number of halogens is 6. The molecule has 0 N–H and O–H groups in total. The van der Waals surface area contributed by atoms with E-state index in [9.17, 15) is 22.0 Å². The second kappa shape index (κ2) is 3.16. The predicted octanol–water partition coefficient (Wildman–Crippen LogP) is 3.50. The van der Waals surface area contributed by atoms with E-state index in [2.05, 4.69) is 24.2 Å². The van der Waals surface area contributed by atoms with Gasteiger partial charge in [-0.1, -0.05) is 11.6 Å².